The molecule has 1 aromatic rings. The molecule has 0 unspecified atom stereocenters. The molecule has 0 bridgehead atoms. The Bertz CT molecular complexity index is 213. The van der Waals surface area contributed by atoms with E-state index < -0.39 is 0 Å². The second kappa shape index (κ2) is 3.13. The van der Waals surface area contributed by atoms with Gasteiger partial charge in [0.2, 0.25) is 0 Å². The number of aliphatic imine (C=N–C) groups is 1. The van der Waals surface area contributed by atoms with E-state index in [9.17, 15) is 0 Å². The summed E-state index contributed by atoms with van der Waals surface area (Å²) >= 11 is 0. The van der Waals surface area contributed by atoms with Crippen LogP contribution in [0.3, 0.4) is 0 Å². The molecule has 0 saturated carbocycles. The quantitative estimate of drug-likeness (QED) is 0.611. The van der Waals surface area contributed by atoms with Gasteiger partial charge in [0.05, 0.1) is 5.69 Å². The third-order valence-electron chi connectivity index (χ3n) is 1.35. The molecule has 2 heteroatoms. The Morgan fingerprint density at radius 3 is 2.30 bits per heavy atom. The van der Waals surface area contributed by atoms with Crippen LogP contribution in [-0.4, -0.2) is 6.72 Å². The predicted molar refractivity (Wildman–Crippen MR) is 43.5 cm³/mol. The van der Waals surface area contributed by atoms with Crippen molar-refractivity contribution >= 4 is 12.4 Å². The second-order valence-electron chi connectivity index (χ2n) is 2.03. The molecule has 0 aromatic heterocycles. The lowest BCUT2D eigenvalue weighted by Crippen LogP contribution is -1.94. The van der Waals surface area contributed by atoms with Crippen molar-refractivity contribution in [1.29, 1.82) is 0 Å². The van der Waals surface area contributed by atoms with Gasteiger partial charge >= 0.3 is 0 Å². The van der Waals surface area contributed by atoms with E-state index in [4.69, 9.17) is 5.73 Å². The lowest BCUT2D eigenvalue weighted by Gasteiger charge is -1.94. The topological polar surface area (TPSA) is 38.4 Å². The van der Waals surface area contributed by atoms with Crippen LogP contribution in [0, 0.1) is 0 Å². The number of rotatable bonds is 2. The number of nitrogens with two attached hydrogens (primary N) is 1. The molecule has 2 nitrogen and oxygen atoms in total. The SMILES string of the molecule is C=Nc1ccc(CN)cc1. The maximum atomic E-state index is 5.40. The molecule has 2 N–H and O–H groups in total. The Balaban J connectivity index is 2.90. The standard InChI is InChI=1S/C8H10N2/c1-10-8-4-2-7(6-9)3-5-8/h2-5H,1,6,9H2. The fourth-order valence-corrected chi connectivity index (χ4v) is 0.737. The van der Waals surface area contributed by atoms with Gasteiger partial charge in [0.1, 0.15) is 0 Å². The zero-order valence-electron chi connectivity index (χ0n) is 5.75. The maximum Gasteiger partial charge on any atom is 0.0622 e. The summed E-state index contributed by atoms with van der Waals surface area (Å²) in [6.07, 6.45) is 0. The normalized spacial score (nSPS) is 9.30. The van der Waals surface area contributed by atoms with Gasteiger partial charge in [-0.2, -0.15) is 0 Å². The van der Waals surface area contributed by atoms with E-state index in [1.165, 1.54) is 0 Å². The van der Waals surface area contributed by atoms with E-state index in [0.29, 0.717) is 6.54 Å². The second-order valence-corrected chi connectivity index (χ2v) is 2.03. The van der Waals surface area contributed by atoms with Crippen LogP contribution in [0.15, 0.2) is 29.3 Å². The van der Waals surface area contributed by atoms with Gasteiger partial charge in [-0.25, -0.2) is 0 Å². The summed E-state index contributed by atoms with van der Waals surface area (Å²) in [5.74, 6) is 0. The molecule has 0 aliphatic rings. The molecule has 1 aromatic carbocycles. The summed E-state index contributed by atoms with van der Waals surface area (Å²) in [6.45, 7) is 3.99. The molecule has 0 saturated heterocycles. The zero-order valence-corrected chi connectivity index (χ0v) is 5.75. The molecule has 52 valence electrons. The van der Waals surface area contributed by atoms with E-state index in [2.05, 4.69) is 11.7 Å². The van der Waals surface area contributed by atoms with E-state index in [1.54, 1.807) is 0 Å². The average molecular weight is 134 g/mol. The van der Waals surface area contributed by atoms with Gasteiger partial charge in [0, 0.05) is 6.54 Å². The van der Waals surface area contributed by atoms with E-state index in [-0.39, 0.29) is 0 Å². The minimum absolute atomic E-state index is 0.581. The molecular formula is C8H10N2. The van der Waals surface area contributed by atoms with Crippen molar-refractivity contribution in [2.45, 2.75) is 6.54 Å². The Morgan fingerprint density at radius 2 is 1.90 bits per heavy atom. The Labute approximate surface area is 60.4 Å². The first kappa shape index (κ1) is 6.96. The highest BCUT2D eigenvalue weighted by molar-refractivity contribution is 5.45. The third kappa shape index (κ3) is 1.42. The number of hydrogen-bond acceptors (Lipinski definition) is 2. The van der Waals surface area contributed by atoms with Gasteiger partial charge in [-0.1, -0.05) is 12.1 Å². The molecule has 0 fully saturated rings. The highest BCUT2D eigenvalue weighted by Crippen LogP contribution is 2.10. The van der Waals surface area contributed by atoms with Crippen molar-refractivity contribution in [3.05, 3.63) is 29.8 Å². The summed E-state index contributed by atoms with van der Waals surface area (Å²) in [5.41, 5.74) is 7.40. The van der Waals surface area contributed by atoms with Crippen LogP contribution in [0.2, 0.25) is 0 Å². The van der Waals surface area contributed by atoms with Crippen molar-refractivity contribution < 1.29 is 0 Å². The van der Waals surface area contributed by atoms with Gasteiger partial charge in [0.15, 0.2) is 0 Å². The lowest BCUT2D eigenvalue weighted by atomic mass is 10.2. The maximum absolute atomic E-state index is 5.40. The largest absolute Gasteiger partial charge is 0.326 e. The van der Waals surface area contributed by atoms with Gasteiger partial charge in [-0.05, 0) is 24.4 Å². The van der Waals surface area contributed by atoms with E-state index in [1.807, 2.05) is 24.3 Å². The summed E-state index contributed by atoms with van der Waals surface area (Å²) in [6, 6.07) is 7.69. The number of hydrogen-bond donors (Lipinski definition) is 1. The summed E-state index contributed by atoms with van der Waals surface area (Å²) < 4.78 is 0. The van der Waals surface area contributed by atoms with Crippen LogP contribution in [0.1, 0.15) is 5.56 Å². The van der Waals surface area contributed by atoms with Crippen molar-refractivity contribution in [2.75, 3.05) is 0 Å². The van der Waals surface area contributed by atoms with Crippen LogP contribution < -0.4 is 5.73 Å². The molecule has 0 spiro atoms. The number of nitrogens with zero attached hydrogens (tertiary/aromatic N) is 1. The third-order valence-corrected chi connectivity index (χ3v) is 1.35. The van der Waals surface area contributed by atoms with Crippen LogP contribution >= 0.6 is 0 Å². The minimum Gasteiger partial charge on any atom is -0.326 e. The van der Waals surface area contributed by atoms with Crippen molar-refractivity contribution in [3.63, 3.8) is 0 Å². The molecule has 0 aliphatic carbocycles. The summed E-state index contributed by atoms with van der Waals surface area (Å²) in [7, 11) is 0. The minimum atomic E-state index is 0.581. The predicted octanol–water partition coefficient (Wildman–Crippen LogP) is 1.48. The van der Waals surface area contributed by atoms with Crippen molar-refractivity contribution in [2.24, 2.45) is 10.7 Å². The number of benzene rings is 1. The molecule has 10 heavy (non-hydrogen) atoms. The zero-order chi connectivity index (χ0) is 7.40. The lowest BCUT2D eigenvalue weighted by molar-refractivity contribution is 1.07. The first-order chi connectivity index (χ1) is 4.86. The van der Waals surface area contributed by atoms with Gasteiger partial charge < -0.3 is 5.73 Å². The molecule has 1 rings (SSSR count). The van der Waals surface area contributed by atoms with Crippen LogP contribution in [0.4, 0.5) is 5.69 Å². The van der Waals surface area contributed by atoms with Crippen LogP contribution in [0.5, 0.6) is 0 Å². The van der Waals surface area contributed by atoms with Crippen LogP contribution in [-0.2, 0) is 6.54 Å². The molecule has 0 aliphatic heterocycles. The van der Waals surface area contributed by atoms with E-state index in [0.717, 1.165) is 11.3 Å². The van der Waals surface area contributed by atoms with Gasteiger partial charge in [-0.15, -0.1) is 0 Å². The summed E-state index contributed by atoms with van der Waals surface area (Å²) in [4.78, 5) is 3.76. The monoisotopic (exact) mass is 134 g/mol. The Morgan fingerprint density at radius 1 is 1.30 bits per heavy atom. The first-order valence-electron chi connectivity index (χ1n) is 3.12. The van der Waals surface area contributed by atoms with Crippen molar-refractivity contribution in [1.82, 2.24) is 0 Å². The Kier molecular flexibility index (Phi) is 2.18. The smallest absolute Gasteiger partial charge is 0.0622 e. The first-order valence-corrected chi connectivity index (χ1v) is 3.12. The molecule has 0 amide bonds. The fraction of sp³-hybridized carbons (Fsp3) is 0.125. The van der Waals surface area contributed by atoms with E-state index >= 15 is 0 Å². The Hall–Kier alpha value is -1.15. The molecule has 0 radical (unpaired) electrons. The molecular weight excluding hydrogens is 124 g/mol. The van der Waals surface area contributed by atoms with Crippen LogP contribution in [0.25, 0.3) is 0 Å². The molecule has 0 heterocycles. The fourth-order valence-electron chi connectivity index (χ4n) is 0.737. The van der Waals surface area contributed by atoms with Crippen molar-refractivity contribution in [3.8, 4) is 0 Å². The summed E-state index contributed by atoms with van der Waals surface area (Å²) in [5, 5.41) is 0. The van der Waals surface area contributed by atoms with Gasteiger partial charge in [-0.3, -0.25) is 4.99 Å². The molecule has 0 atom stereocenters. The highest BCUT2D eigenvalue weighted by Gasteiger charge is 1.87. The highest BCUT2D eigenvalue weighted by atomic mass is 14.7. The average Bonchev–Trinajstić information content (AvgIpc) is 2.05. The van der Waals surface area contributed by atoms with Gasteiger partial charge in [0.25, 0.3) is 0 Å².